The van der Waals surface area contributed by atoms with E-state index in [2.05, 4.69) is 10.6 Å². The molecule has 4 nitrogen and oxygen atoms in total. The number of unbranched alkanes of at least 4 members (excludes halogenated alkanes) is 1. The average Bonchev–Trinajstić information content (AvgIpc) is 2.65. The van der Waals surface area contributed by atoms with Gasteiger partial charge >= 0.3 is 0 Å². The molecule has 0 radical (unpaired) electrons. The van der Waals surface area contributed by atoms with Gasteiger partial charge in [-0.05, 0) is 12.8 Å². The first-order chi connectivity index (χ1) is 6.34. The zero-order valence-corrected chi connectivity index (χ0v) is 8.40. The molecular weight excluding hydrogens is 188 g/mol. The molecule has 1 heterocycles. The molecule has 0 saturated carbocycles. The fourth-order valence-corrected chi connectivity index (χ4v) is 2.08. The van der Waals surface area contributed by atoms with Crippen molar-refractivity contribution in [3.8, 4) is 0 Å². The molecule has 76 valence electrons. The first kappa shape index (κ1) is 10.8. The van der Waals surface area contributed by atoms with Gasteiger partial charge in [-0.3, -0.25) is 10.1 Å². The van der Waals surface area contributed by atoms with Crippen LogP contribution in [-0.4, -0.2) is 41.8 Å². The van der Waals surface area contributed by atoms with Crippen LogP contribution in [0.5, 0.6) is 0 Å². The number of rotatable bonds is 5. The summed E-state index contributed by atoms with van der Waals surface area (Å²) in [6, 6.07) is -0.0147. The highest BCUT2D eigenvalue weighted by atomic mass is 32.2. The van der Waals surface area contributed by atoms with E-state index in [1.807, 2.05) is 0 Å². The van der Waals surface area contributed by atoms with Crippen LogP contribution in [0.4, 0.5) is 0 Å². The molecule has 1 atom stereocenters. The molecular formula is C8H16N2O2S. The molecule has 0 spiro atoms. The van der Waals surface area contributed by atoms with Gasteiger partial charge in [0.15, 0.2) is 0 Å². The number of thioether (sulfide) groups is 1. The van der Waals surface area contributed by atoms with E-state index in [9.17, 15) is 4.79 Å². The number of hydrogen-bond acceptors (Lipinski definition) is 4. The molecule has 0 aliphatic carbocycles. The lowest BCUT2D eigenvalue weighted by molar-refractivity contribution is -0.122. The Bertz CT molecular complexity index is 160. The number of carbonyl (C=O) groups excluding carboxylic acids is 1. The lowest BCUT2D eigenvalue weighted by Crippen LogP contribution is -2.42. The van der Waals surface area contributed by atoms with Crippen molar-refractivity contribution in [3.05, 3.63) is 0 Å². The fourth-order valence-electron chi connectivity index (χ4n) is 1.14. The third kappa shape index (κ3) is 3.97. The van der Waals surface area contributed by atoms with E-state index in [4.69, 9.17) is 5.11 Å². The zero-order chi connectivity index (χ0) is 9.52. The van der Waals surface area contributed by atoms with Gasteiger partial charge in [-0.1, -0.05) is 0 Å². The van der Waals surface area contributed by atoms with Crippen LogP contribution in [0.15, 0.2) is 0 Å². The monoisotopic (exact) mass is 204 g/mol. The number of aliphatic hydroxyl groups is 1. The Labute approximate surface area is 82.5 Å². The summed E-state index contributed by atoms with van der Waals surface area (Å²) in [5.41, 5.74) is 0. The molecule has 5 heteroatoms. The van der Waals surface area contributed by atoms with E-state index in [1.165, 1.54) is 0 Å². The maximum atomic E-state index is 11.4. The van der Waals surface area contributed by atoms with Crippen molar-refractivity contribution in [1.82, 2.24) is 10.6 Å². The van der Waals surface area contributed by atoms with Crippen LogP contribution in [-0.2, 0) is 4.79 Å². The summed E-state index contributed by atoms with van der Waals surface area (Å²) in [7, 11) is 0. The minimum Gasteiger partial charge on any atom is -0.396 e. The van der Waals surface area contributed by atoms with Gasteiger partial charge in [0.2, 0.25) is 5.91 Å². The number of carbonyl (C=O) groups is 1. The number of hydrogen-bond donors (Lipinski definition) is 3. The fraction of sp³-hybridized carbons (Fsp3) is 0.875. The number of amides is 1. The summed E-state index contributed by atoms with van der Waals surface area (Å²) >= 11 is 1.74. The van der Waals surface area contributed by atoms with Crippen LogP contribution < -0.4 is 10.6 Å². The quantitative estimate of drug-likeness (QED) is 0.530. The molecule has 0 aromatic carbocycles. The molecule has 1 unspecified atom stereocenters. The van der Waals surface area contributed by atoms with Crippen molar-refractivity contribution in [3.63, 3.8) is 0 Å². The Kier molecular flexibility index (Phi) is 5.19. The van der Waals surface area contributed by atoms with E-state index < -0.39 is 0 Å². The van der Waals surface area contributed by atoms with Gasteiger partial charge in [0.25, 0.3) is 0 Å². The van der Waals surface area contributed by atoms with E-state index in [0.717, 1.165) is 24.5 Å². The molecule has 1 rings (SSSR count). The van der Waals surface area contributed by atoms with Gasteiger partial charge in [-0.2, -0.15) is 0 Å². The molecule has 0 bridgehead atoms. The summed E-state index contributed by atoms with van der Waals surface area (Å²) < 4.78 is 0. The molecule has 3 N–H and O–H groups in total. The summed E-state index contributed by atoms with van der Waals surface area (Å²) in [5.74, 6) is 1.82. The van der Waals surface area contributed by atoms with Crippen molar-refractivity contribution in [2.75, 3.05) is 24.8 Å². The predicted molar refractivity (Wildman–Crippen MR) is 53.6 cm³/mol. The first-order valence-corrected chi connectivity index (χ1v) is 5.70. The minimum atomic E-state index is -0.0147. The molecule has 1 aliphatic rings. The molecule has 1 saturated heterocycles. The maximum absolute atomic E-state index is 11.4. The van der Waals surface area contributed by atoms with Crippen molar-refractivity contribution in [2.24, 2.45) is 0 Å². The van der Waals surface area contributed by atoms with Gasteiger partial charge in [-0.15, -0.1) is 11.8 Å². The largest absolute Gasteiger partial charge is 0.396 e. The van der Waals surface area contributed by atoms with E-state index >= 15 is 0 Å². The normalized spacial score (nSPS) is 21.8. The molecule has 0 aromatic heterocycles. The van der Waals surface area contributed by atoms with Crippen molar-refractivity contribution >= 4 is 17.7 Å². The lowest BCUT2D eigenvalue weighted by atomic mass is 10.3. The second kappa shape index (κ2) is 6.23. The molecule has 1 fully saturated rings. The lowest BCUT2D eigenvalue weighted by Gasteiger charge is -2.09. The third-order valence-electron chi connectivity index (χ3n) is 1.92. The Balaban J connectivity index is 2.03. The summed E-state index contributed by atoms with van der Waals surface area (Å²) in [6.07, 6.45) is 1.61. The van der Waals surface area contributed by atoms with Gasteiger partial charge in [-0.25, -0.2) is 0 Å². The third-order valence-corrected chi connectivity index (χ3v) is 2.86. The molecule has 1 amide bonds. The summed E-state index contributed by atoms with van der Waals surface area (Å²) in [6.45, 7) is 0.871. The van der Waals surface area contributed by atoms with Crippen LogP contribution in [0.25, 0.3) is 0 Å². The van der Waals surface area contributed by atoms with Gasteiger partial charge in [0, 0.05) is 24.8 Å². The second-order valence-corrected chi connectivity index (χ2v) is 4.02. The molecule has 13 heavy (non-hydrogen) atoms. The first-order valence-electron chi connectivity index (χ1n) is 4.54. The maximum Gasteiger partial charge on any atom is 0.238 e. The summed E-state index contributed by atoms with van der Waals surface area (Å²) in [5, 5.41) is 14.4. The van der Waals surface area contributed by atoms with Crippen molar-refractivity contribution in [2.45, 2.75) is 18.9 Å². The van der Waals surface area contributed by atoms with E-state index in [1.54, 1.807) is 11.8 Å². The average molecular weight is 204 g/mol. The van der Waals surface area contributed by atoms with E-state index in [0.29, 0.717) is 6.54 Å². The minimum absolute atomic E-state index is 0.0147. The SMILES string of the molecule is O=C(NCCCCO)C1CSCN1. The second-order valence-electron chi connectivity index (χ2n) is 2.99. The highest BCUT2D eigenvalue weighted by Gasteiger charge is 2.21. The van der Waals surface area contributed by atoms with Crippen molar-refractivity contribution in [1.29, 1.82) is 0 Å². The van der Waals surface area contributed by atoms with Gasteiger partial charge < -0.3 is 10.4 Å². The molecule has 0 aromatic rings. The Morgan fingerprint density at radius 1 is 1.62 bits per heavy atom. The van der Waals surface area contributed by atoms with Gasteiger partial charge in [0.05, 0.1) is 6.04 Å². The number of aliphatic hydroxyl groups excluding tert-OH is 1. The topological polar surface area (TPSA) is 61.4 Å². The molecule has 1 aliphatic heterocycles. The summed E-state index contributed by atoms with van der Waals surface area (Å²) in [4.78, 5) is 11.4. The Morgan fingerprint density at radius 3 is 3.08 bits per heavy atom. The predicted octanol–water partition coefficient (Wildman–Crippen LogP) is -0.462. The van der Waals surface area contributed by atoms with E-state index in [-0.39, 0.29) is 18.6 Å². The Morgan fingerprint density at radius 2 is 2.46 bits per heavy atom. The van der Waals surface area contributed by atoms with Crippen LogP contribution in [0.1, 0.15) is 12.8 Å². The van der Waals surface area contributed by atoms with Crippen molar-refractivity contribution < 1.29 is 9.90 Å². The van der Waals surface area contributed by atoms with Crippen LogP contribution in [0, 0.1) is 0 Å². The smallest absolute Gasteiger partial charge is 0.238 e. The van der Waals surface area contributed by atoms with Gasteiger partial charge in [0.1, 0.15) is 0 Å². The van der Waals surface area contributed by atoms with Crippen LogP contribution in [0.2, 0.25) is 0 Å². The number of nitrogens with one attached hydrogen (secondary N) is 2. The Hall–Kier alpha value is -0.260. The highest BCUT2D eigenvalue weighted by molar-refractivity contribution is 7.99. The van der Waals surface area contributed by atoms with Crippen LogP contribution in [0.3, 0.4) is 0 Å². The highest BCUT2D eigenvalue weighted by Crippen LogP contribution is 2.09. The zero-order valence-electron chi connectivity index (χ0n) is 7.58. The van der Waals surface area contributed by atoms with Crippen LogP contribution >= 0.6 is 11.8 Å². The standard InChI is InChI=1S/C8H16N2O2S/c11-4-2-1-3-9-8(12)7-5-13-6-10-7/h7,10-11H,1-6H2,(H,9,12).